The summed E-state index contributed by atoms with van der Waals surface area (Å²) in [5, 5.41) is 18.4. The van der Waals surface area contributed by atoms with Crippen LogP contribution in [-0.2, 0) is 6.54 Å². The summed E-state index contributed by atoms with van der Waals surface area (Å²) in [5.74, 6) is 2.26. The van der Waals surface area contributed by atoms with Gasteiger partial charge in [0.25, 0.3) is 5.91 Å². The maximum absolute atomic E-state index is 13.3. The first kappa shape index (κ1) is 19.0. The number of alkyl halides is 1. The fraction of sp³-hybridized carbons (Fsp3) is 0.652. The van der Waals surface area contributed by atoms with Crippen LogP contribution in [0.3, 0.4) is 0 Å². The van der Waals surface area contributed by atoms with Gasteiger partial charge in [-0.2, -0.15) is 5.10 Å². The Morgan fingerprint density at radius 2 is 1.86 bits per heavy atom. The van der Waals surface area contributed by atoms with E-state index < -0.39 is 12.8 Å². The largest absolute Gasteiger partial charge is 0.390 e. The zero-order valence-electron chi connectivity index (χ0n) is 16.8. The van der Waals surface area contributed by atoms with E-state index in [2.05, 4.69) is 10.4 Å². The van der Waals surface area contributed by atoms with Crippen LogP contribution in [0.1, 0.15) is 61.9 Å². The van der Waals surface area contributed by atoms with Crippen molar-refractivity contribution in [2.75, 3.05) is 6.67 Å². The average molecular weight is 400 g/mol. The molecule has 4 aliphatic rings. The second kappa shape index (κ2) is 7.38. The standard InChI is InChI=1S/C23H30FN3O2/c24-14-18(28)4-3-7-27-20-6-2-1-5-19(20)21(26-27)22(29)25-23-11-15-8-16(12-23)10-17(9-15)13-23/h1-2,5-6,15-18,28H,3-4,7-14H2,(H,25,29)/t15?,16?,17?,18-,23?/m1/s1. The van der Waals surface area contributed by atoms with E-state index in [0.717, 1.165) is 47.9 Å². The number of para-hydroxylation sites is 1. The van der Waals surface area contributed by atoms with Crippen LogP contribution < -0.4 is 5.32 Å². The normalized spacial score (nSPS) is 31.3. The predicted octanol–water partition coefficient (Wildman–Crippen LogP) is 3.85. The molecule has 4 bridgehead atoms. The number of amides is 1. The van der Waals surface area contributed by atoms with Crippen molar-refractivity contribution < 1.29 is 14.3 Å². The van der Waals surface area contributed by atoms with Crippen LogP contribution >= 0.6 is 0 Å². The van der Waals surface area contributed by atoms with Gasteiger partial charge in [-0.05, 0) is 75.2 Å². The Kier molecular flexibility index (Phi) is 4.85. The van der Waals surface area contributed by atoms with Gasteiger partial charge < -0.3 is 10.4 Å². The summed E-state index contributed by atoms with van der Waals surface area (Å²) >= 11 is 0. The van der Waals surface area contributed by atoms with Gasteiger partial charge >= 0.3 is 0 Å². The number of aliphatic hydroxyl groups excluding tert-OH is 1. The molecule has 1 atom stereocenters. The molecule has 0 unspecified atom stereocenters. The Labute approximate surface area is 170 Å². The third-order valence-corrected chi connectivity index (χ3v) is 7.38. The highest BCUT2D eigenvalue weighted by Gasteiger charge is 2.51. The Morgan fingerprint density at radius 3 is 2.52 bits per heavy atom. The first-order chi connectivity index (χ1) is 14.0. The van der Waals surface area contributed by atoms with Gasteiger partial charge in [-0.1, -0.05) is 18.2 Å². The van der Waals surface area contributed by atoms with Crippen LogP contribution in [0.2, 0.25) is 0 Å². The van der Waals surface area contributed by atoms with E-state index in [9.17, 15) is 14.3 Å². The van der Waals surface area contributed by atoms with Crippen molar-refractivity contribution in [2.45, 2.75) is 69.6 Å². The highest BCUT2D eigenvalue weighted by Crippen LogP contribution is 2.55. The fourth-order valence-corrected chi connectivity index (χ4v) is 6.58. The molecule has 0 aliphatic heterocycles. The summed E-state index contributed by atoms with van der Waals surface area (Å²) in [5.41, 5.74) is 1.36. The summed E-state index contributed by atoms with van der Waals surface area (Å²) in [6.07, 6.45) is 7.47. The Hall–Kier alpha value is -1.95. The predicted molar refractivity (Wildman–Crippen MR) is 109 cm³/mol. The van der Waals surface area contributed by atoms with Crippen molar-refractivity contribution in [1.82, 2.24) is 15.1 Å². The van der Waals surface area contributed by atoms with Gasteiger partial charge in [-0.15, -0.1) is 0 Å². The van der Waals surface area contributed by atoms with E-state index in [4.69, 9.17) is 0 Å². The fourth-order valence-electron chi connectivity index (χ4n) is 6.58. The summed E-state index contributed by atoms with van der Waals surface area (Å²) in [6, 6.07) is 7.79. The van der Waals surface area contributed by atoms with E-state index >= 15 is 0 Å². The molecule has 0 saturated heterocycles. The number of hydrogen-bond donors (Lipinski definition) is 2. The molecule has 2 aromatic rings. The highest BCUT2D eigenvalue weighted by molar-refractivity contribution is 6.05. The molecule has 4 fully saturated rings. The second-order valence-electron chi connectivity index (χ2n) is 9.69. The molecule has 4 saturated carbocycles. The maximum Gasteiger partial charge on any atom is 0.272 e. The number of aliphatic hydroxyl groups is 1. The Balaban J connectivity index is 1.36. The quantitative estimate of drug-likeness (QED) is 0.743. The first-order valence-electron chi connectivity index (χ1n) is 11.1. The van der Waals surface area contributed by atoms with Crippen LogP contribution in [-0.4, -0.2) is 39.1 Å². The van der Waals surface area contributed by atoms with Gasteiger partial charge in [0.2, 0.25) is 0 Å². The lowest BCUT2D eigenvalue weighted by Gasteiger charge is -2.56. The molecule has 1 heterocycles. The number of hydrogen-bond acceptors (Lipinski definition) is 3. The van der Waals surface area contributed by atoms with Gasteiger partial charge in [0.15, 0.2) is 5.69 Å². The monoisotopic (exact) mass is 399 g/mol. The molecule has 2 N–H and O–H groups in total. The number of carbonyl (C=O) groups excluding carboxylic acids is 1. The molecule has 6 rings (SSSR count). The minimum Gasteiger partial charge on any atom is -0.390 e. The zero-order chi connectivity index (χ0) is 20.0. The Morgan fingerprint density at radius 1 is 1.21 bits per heavy atom. The SMILES string of the molecule is O=C(NC12CC3CC(CC(C3)C1)C2)c1nn(CCC[C@@H](O)CF)c2ccccc12. The van der Waals surface area contributed by atoms with Gasteiger partial charge in [-0.3, -0.25) is 9.48 Å². The van der Waals surface area contributed by atoms with Crippen molar-refractivity contribution in [3.63, 3.8) is 0 Å². The molecule has 6 heteroatoms. The lowest BCUT2D eigenvalue weighted by atomic mass is 9.53. The third kappa shape index (κ3) is 3.56. The van der Waals surface area contributed by atoms with E-state index in [1.54, 1.807) is 0 Å². The summed E-state index contributed by atoms with van der Waals surface area (Å²) in [7, 11) is 0. The summed E-state index contributed by atoms with van der Waals surface area (Å²) in [6.45, 7) is -0.166. The number of aromatic nitrogens is 2. The number of nitrogens with one attached hydrogen (secondary N) is 1. The van der Waals surface area contributed by atoms with Crippen LogP contribution in [0.15, 0.2) is 24.3 Å². The molecular weight excluding hydrogens is 369 g/mol. The minimum atomic E-state index is -0.921. The minimum absolute atomic E-state index is 0.0397. The van der Waals surface area contributed by atoms with E-state index in [0.29, 0.717) is 25.1 Å². The van der Waals surface area contributed by atoms with Crippen LogP contribution in [0.5, 0.6) is 0 Å². The molecule has 5 nitrogen and oxygen atoms in total. The molecular formula is C23H30FN3O2. The van der Waals surface area contributed by atoms with Crippen molar-refractivity contribution in [1.29, 1.82) is 0 Å². The van der Waals surface area contributed by atoms with Gasteiger partial charge in [0.1, 0.15) is 6.67 Å². The van der Waals surface area contributed by atoms with E-state index in [1.165, 1.54) is 19.3 Å². The molecule has 0 spiro atoms. The summed E-state index contributed by atoms with van der Waals surface area (Å²) in [4.78, 5) is 13.3. The molecule has 0 radical (unpaired) electrons. The van der Waals surface area contributed by atoms with E-state index in [1.807, 2.05) is 28.9 Å². The molecule has 1 amide bonds. The van der Waals surface area contributed by atoms with Crippen molar-refractivity contribution in [3.05, 3.63) is 30.0 Å². The second-order valence-corrected chi connectivity index (χ2v) is 9.69. The average Bonchev–Trinajstić information content (AvgIpc) is 3.05. The van der Waals surface area contributed by atoms with Crippen molar-refractivity contribution in [3.8, 4) is 0 Å². The molecule has 29 heavy (non-hydrogen) atoms. The number of halogens is 1. The van der Waals surface area contributed by atoms with E-state index in [-0.39, 0.29) is 11.4 Å². The topological polar surface area (TPSA) is 67.2 Å². The number of benzene rings is 1. The smallest absolute Gasteiger partial charge is 0.272 e. The molecule has 1 aromatic carbocycles. The zero-order valence-corrected chi connectivity index (χ0v) is 16.8. The van der Waals surface area contributed by atoms with Gasteiger partial charge in [-0.25, -0.2) is 4.39 Å². The number of rotatable bonds is 7. The van der Waals surface area contributed by atoms with Crippen LogP contribution in [0.25, 0.3) is 10.9 Å². The van der Waals surface area contributed by atoms with Crippen molar-refractivity contribution >= 4 is 16.8 Å². The number of fused-ring (bicyclic) bond motifs is 1. The maximum atomic E-state index is 13.3. The summed E-state index contributed by atoms with van der Waals surface area (Å²) < 4.78 is 14.3. The van der Waals surface area contributed by atoms with Crippen molar-refractivity contribution in [2.24, 2.45) is 17.8 Å². The third-order valence-electron chi connectivity index (χ3n) is 7.38. The van der Waals surface area contributed by atoms with Gasteiger partial charge in [0.05, 0.1) is 11.6 Å². The van der Waals surface area contributed by atoms with Gasteiger partial charge in [0, 0.05) is 17.5 Å². The molecule has 156 valence electrons. The molecule has 1 aromatic heterocycles. The number of nitrogens with zero attached hydrogens (tertiary/aromatic N) is 2. The number of aryl methyl sites for hydroxylation is 1. The lowest BCUT2D eigenvalue weighted by Crippen LogP contribution is -2.59. The number of carbonyl (C=O) groups is 1. The lowest BCUT2D eigenvalue weighted by molar-refractivity contribution is -0.0167. The highest BCUT2D eigenvalue weighted by atomic mass is 19.1. The molecule has 4 aliphatic carbocycles. The first-order valence-corrected chi connectivity index (χ1v) is 11.1. The van der Waals surface area contributed by atoms with Crippen LogP contribution in [0.4, 0.5) is 4.39 Å². The van der Waals surface area contributed by atoms with Crippen LogP contribution in [0, 0.1) is 17.8 Å². The Bertz CT molecular complexity index is 873.